The number of pyridine rings is 2. The molecule has 4 aromatic heterocycles. The highest BCUT2D eigenvalue weighted by molar-refractivity contribution is 5.90. The van der Waals surface area contributed by atoms with Gasteiger partial charge in [-0.1, -0.05) is 6.07 Å². The van der Waals surface area contributed by atoms with Crippen molar-refractivity contribution >= 4 is 23.2 Å². The minimum absolute atomic E-state index is 0.214. The molecule has 8 heteroatoms. The van der Waals surface area contributed by atoms with Crippen LogP contribution in [0.5, 0.6) is 0 Å². The van der Waals surface area contributed by atoms with Crippen LogP contribution in [0.15, 0.2) is 42.7 Å². The lowest BCUT2D eigenvalue weighted by molar-refractivity contribution is 0.0501. The van der Waals surface area contributed by atoms with Gasteiger partial charge in [-0.2, -0.15) is 0 Å². The number of ether oxygens (including phenoxy) is 2. The van der Waals surface area contributed by atoms with E-state index in [2.05, 4.69) is 9.97 Å². The first-order valence-electron chi connectivity index (χ1n) is 9.16. The molecule has 0 aliphatic heterocycles. The highest BCUT2D eigenvalue weighted by Crippen LogP contribution is 2.16. The maximum atomic E-state index is 12.4. The zero-order valence-corrected chi connectivity index (χ0v) is 16.4. The molecule has 4 heterocycles. The highest BCUT2D eigenvalue weighted by Gasteiger charge is 2.18. The molecule has 0 aliphatic rings. The van der Waals surface area contributed by atoms with Crippen molar-refractivity contribution in [1.82, 2.24) is 18.8 Å². The van der Waals surface area contributed by atoms with Crippen molar-refractivity contribution < 1.29 is 19.1 Å². The lowest BCUT2D eigenvalue weighted by Gasteiger charge is -2.05. The molecule has 0 aromatic carbocycles. The van der Waals surface area contributed by atoms with Crippen molar-refractivity contribution in [3.63, 3.8) is 0 Å². The third-order valence-electron chi connectivity index (χ3n) is 4.89. The number of aryl methyl sites for hydroxylation is 2. The summed E-state index contributed by atoms with van der Waals surface area (Å²) in [7, 11) is 1.33. The minimum Gasteiger partial charge on any atom is -0.464 e. The lowest BCUT2D eigenvalue weighted by Crippen LogP contribution is -2.10. The summed E-state index contributed by atoms with van der Waals surface area (Å²) in [5.41, 5.74) is 4.36. The zero-order chi connectivity index (χ0) is 20.5. The Morgan fingerprint density at radius 3 is 2.34 bits per heavy atom. The number of carbonyl (C=O) groups is 2. The summed E-state index contributed by atoms with van der Waals surface area (Å²) >= 11 is 0. The van der Waals surface area contributed by atoms with Crippen molar-refractivity contribution in [3.05, 3.63) is 71.1 Å². The van der Waals surface area contributed by atoms with Crippen LogP contribution in [0.3, 0.4) is 0 Å². The number of imidazole rings is 2. The van der Waals surface area contributed by atoms with Crippen LogP contribution in [0.25, 0.3) is 11.3 Å². The molecule has 0 spiro atoms. The van der Waals surface area contributed by atoms with E-state index in [0.717, 1.165) is 11.3 Å². The molecule has 0 saturated carbocycles. The largest absolute Gasteiger partial charge is 0.464 e. The van der Waals surface area contributed by atoms with Crippen molar-refractivity contribution in [1.29, 1.82) is 0 Å². The maximum absolute atomic E-state index is 12.4. The number of hydrogen-bond acceptors (Lipinski definition) is 6. The van der Waals surface area contributed by atoms with Gasteiger partial charge in [0.1, 0.15) is 11.3 Å². The van der Waals surface area contributed by atoms with Gasteiger partial charge in [0.25, 0.3) is 0 Å². The SMILES string of the molecule is COC(=O)c1nc2cc(CCOC(=O)c3nc4ccccn4c3C)ccn2c1C. The lowest BCUT2D eigenvalue weighted by atomic mass is 10.2. The molecule has 0 atom stereocenters. The van der Waals surface area contributed by atoms with E-state index in [1.165, 1.54) is 7.11 Å². The highest BCUT2D eigenvalue weighted by atomic mass is 16.5. The maximum Gasteiger partial charge on any atom is 0.358 e. The van der Waals surface area contributed by atoms with Gasteiger partial charge in [0, 0.05) is 18.8 Å². The molecule has 0 bridgehead atoms. The predicted molar refractivity (Wildman–Crippen MR) is 105 cm³/mol. The summed E-state index contributed by atoms with van der Waals surface area (Å²) in [6.45, 7) is 3.86. The Labute approximate surface area is 166 Å². The number of methoxy groups -OCH3 is 1. The molecule has 0 fully saturated rings. The summed E-state index contributed by atoms with van der Waals surface area (Å²) in [4.78, 5) is 32.9. The van der Waals surface area contributed by atoms with Crippen LogP contribution >= 0.6 is 0 Å². The Kier molecular flexibility index (Phi) is 4.75. The van der Waals surface area contributed by atoms with Crippen LogP contribution in [0.4, 0.5) is 0 Å². The number of hydrogen-bond donors (Lipinski definition) is 0. The van der Waals surface area contributed by atoms with Gasteiger partial charge in [0.15, 0.2) is 11.4 Å². The first-order chi connectivity index (χ1) is 14.0. The Balaban J connectivity index is 1.46. The number of fused-ring (bicyclic) bond motifs is 2. The Bertz CT molecular complexity index is 1240. The molecule has 0 amide bonds. The second kappa shape index (κ2) is 7.38. The van der Waals surface area contributed by atoms with Gasteiger partial charge in [-0.3, -0.25) is 0 Å². The third-order valence-corrected chi connectivity index (χ3v) is 4.89. The van der Waals surface area contributed by atoms with Crippen LogP contribution < -0.4 is 0 Å². The number of esters is 2. The van der Waals surface area contributed by atoms with Gasteiger partial charge in [-0.15, -0.1) is 0 Å². The first kappa shape index (κ1) is 18.7. The van der Waals surface area contributed by atoms with E-state index in [0.29, 0.717) is 34.8 Å². The van der Waals surface area contributed by atoms with Gasteiger partial charge >= 0.3 is 11.9 Å². The Morgan fingerprint density at radius 2 is 1.62 bits per heavy atom. The molecular weight excluding hydrogens is 372 g/mol. The summed E-state index contributed by atoms with van der Waals surface area (Å²) in [6, 6.07) is 9.37. The van der Waals surface area contributed by atoms with Gasteiger partial charge in [0.05, 0.1) is 25.1 Å². The van der Waals surface area contributed by atoms with Gasteiger partial charge < -0.3 is 18.3 Å². The van der Waals surface area contributed by atoms with E-state index < -0.39 is 11.9 Å². The molecule has 8 nitrogen and oxygen atoms in total. The van der Waals surface area contributed by atoms with E-state index in [-0.39, 0.29) is 6.61 Å². The molecule has 0 aliphatic carbocycles. The van der Waals surface area contributed by atoms with E-state index >= 15 is 0 Å². The first-order valence-corrected chi connectivity index (χ1v) is 9.16. The second-order valence-electron chi connectivity index (χ2n) is 6.66. The summed E-state index contributed by atoms with van der Waals surface area (Å²) in [6.07, 6.45) is 4.22. The monoisotopic (exact) mass is 392 g/mol. The number of carbonyl (C=O) groups excluding carboxylic acids is 2. The fourth-order valence-corrected chi connectivity index (χ4v) is 3.30. The summed E-state index contributed by atoms with van der Waals surface area (Å²) < 4.78 is 13.9. The minimum atomic E-state index is -0.468. The van der Waals surface area contributed by atoms with Crippen LogP contribution in [-0.2, 0) is 15.9 Å². The fraction of sp³-hybridized carbons (Fsp3) is 0.238. The third kappa shape index (κ3) is 3.33. The summed E-state index contributed by atoms with van der Waals surface area (Å²) in [5, 5.41) is 0. The quantitative estimate of drug-likeness (QED) is 0.486. The zero-order valence-electron chi connectivity index (χ0n) is 16.4. The Morgan fingerprint density at radius 1 is 0.931 bits per heavy atom. The second-order valence-corrected chi connectivity index (χ2v) is 6.66. The topological polar surface area (TPSA) is 87.2 Å². The van der Waals surface area contributed by atoms with Crippen LogP contribution in [0.2, 0.25) is 0 Å². The molecule has 0 N–H and O–H groups in total. The van der Waals surface area contributed by atoms with Crippen molar-refractivity contribution in [2.45, 2.75) is 20.3 Å². The molecule has 0 radical (unpaired) electrons. The number of aromatic nitrogens is 4. The van der Waals surface area contributed by atoms with Crippen molar-refractivity contribution in [3.8, 4) is 0 Å². The molecule has 4 aromatic rings. The van der Waals surface area contributed by atoms with Crippen LogP contribution in [0, 0.1) is 13.8 Å². The van der Waals surface area contributed by atoms with Crippen LogP contribution in [0.1, 0.15) is 37.9 Å². The standard InChI is InChI=1S/C21H20N4O4/c1-13-18(20(26)28-3)23-17-12-15(7-10-25(13)17)8-11-29-21(27)19-14(2)24-9-5-4-6-16(24)22-19/h4-7,9-10,12H,8,11H2,1-3H3. The normalized spacial score (nSPS) is 11.1. The van der Waals surface area contributed by atoms with Gasteiger partial charge in [-0.25, -0.2) is 19.6 Å². The molecule has 0 saturated heterocycles. The number of rotatable bonds is 5. The smallest absolute Gasteiger partial charge is 0.358 e. The van der Waals surface area contributed by atoms with Crippen LogP contribution in [-0.4, -0.2) is 44.4 Å². The van der Waals surface area contributed by atoms with E-state index in [1.807, 2.05) is 65.4 Å². The molecule has 4 rings (SSSR count). The van der Waals surface area contributed by atoms with Gasteiger partial charge in [0.2, 0.25) is 0 Å². The average molecular weight is 392 g/mol. The molecule has 29 heavy (non-hydrogen) atoms. The Hall–Kier alpha value is -3.68. The fourth-order valence-electron chi connectivity index (χ4n) is 3.30. The number of nitrogens with zero attached hydrogens (tertiary/aromatic N) is 4. The molecular formula is C21H20N4O4. The average Bonchev–Trinajstić information content (AvgIpc) is 3.25. The van der Waals surface area contributed by atoms with Crippen molar-refractivity contribution in [2.24, 2.45) is 0 Å². The molecule has 148 valence electrons. The summed E-state index contributed by atoms with van der Waals surface area (Å²) in [5.74, 6) is -0.915. The predicted octanol–water partition coefficient (Wildman–Crippen LogP) is 2.78. The van der Waals surface area contributed by atoms with E-state index in [9.17, 15) is 9.59 Å². The van der Waals surface area contributed by atoms with Gasteiger partial charge in [-0.05, 0) is 43.7 Å². The van der Waals surface area contributed by atoms with E-state index in [1.54, 1.807) is 0 Å². The molecule has 0 unspecified atom stereocenters. The van der Waals surface area contributed by atoms with E-state index in [4.69, 9.17) is 9.47 Å². The van der Waals surface area contributed by atoms with Crippen molar-refractivity contribution in [2.75, 3.05) is 13.7 Å².